The van der Waals surface area contributed by atoms with E-state index in [1.165, 1.54) is 6.07 Å². The van der Waals surface area contributed by atoms with Gasteiger partial charge in [-0.2, -0.15) is 13.2 Å². The fraction of sp³-hybridized carbons (Fsp3) is 0.125. The van der Waals surface area contributed by atoms with Gasteiger partial charge in [0, 0.05) is 30.7 Å². The molecule has 0 atom stereocenters. The van der Waals surface area contributed by atoms with E-state index in [-0.39, 0.29) is 0 Å². The molecular formula is C16H12F3N5S. The van der Waals surface area contributed by atoms with Gasteiger partial charge in [0.25, 0.3) is 0 Å². The monoisotopic (exact) mass is 363 g/mol. The molecule has 0 bridgehead atoms. The molecule has 128 valence electrons. The fourth-order valence-corrected chi connectivity index (χ4v) is 2.86. The van der Waals surface area contributed by atoms with Crippen LogP contribution in [0.1, 0.15) is 5.56 Å². The Morgan fingerprint density at radius 1 is 1.12 bits per heavy atom. The molecule has 0 aliphatic heterocycles. The van der Waals surface area contributed by atoms with E-state index in [1.54, 1.807) is 30.6 Å². The van der Waals surface area contributed by atoms with Crippen molar-refractivity contribution in [3.63, 3.8) is 0 Å². The van der Waals surface area contributed by atoms with Crippen LogP contribution in [0.15, 0.2) is 65.7 Å². The first kappa shape index (κ1) is 17.2. The Morgan fingerprint density at radius 2 is 1.88 bits per heavy atom. The summed E-state index contributed by atoms with van der Waals surface area (Å²) in [6, 6.07) is 5.91. The van der Waals surface area contributed by atoms with Crippen LogP contribution in [-0.4, -0.2) is 24.7 Å². The third-order valence-corrected chi connectivity index (χ3v) is 4.16. The quantitative estimate of drug-likeness (QED) is 0.639. The molecular weight excluding hydrogens is 351 g/mol. The molecule has 0 spiro atoms. The predicted octanol–water partition coefficient (Wildman–Crippen LogP) is 4.09. The van der Waals surface area contributed by atoms with Crippen LogP contribution >= 0.6 is 11.8 Å². The van der Waals surface area contributed by atoms with E-state index in [0.717, 1.165) is 29.6 Å². The number of hydrogen-bond acceptors (Lipinski definition) is 5. The van der Waals surface area contributed by atoms with Gasteiger partial charge in [0.1, 0.15) is 5.03 Å². The lowest BCUT2D eigenvalue weighted by molar-refractivity contribution is -0.137. The maximum absolute atomic E-state index is 12.6. The normalized spacial score (nSPS) is 11.5. The molecule has 0 unspecified atom stereocenters. The van der Waals surface area contributed by atoms with Crippen LogP contribution in [0, 0.1) is 0 Å². The molecule has 0 N–H and O–H groups in total. The first-order valence-electron chi connectivity index (χ1n) is 7.14. The number of rotatable bonds is 5. The Bertz CT molecular complexity index is 860. The second-order valence-electron chi connectivity index (χ2n) is 4.93. The molecule has 0 radical (unpaired) electrons. The summed E-state index contributed by atoms with van der Waals surface area (Å²) in [5.74, 6) is 0.622. The summed E-state index contributed by atoms with van der Waals surface area (Å²) in [5, 5.41) is 9.20. The molecule has 3 aromatic rings. The van der Waals surface area contributed by atoms with Gasteiger partial charge in [-0.15, -0.1) is 16.8 Å². The minimum Gasteiger partial charge on any atom is -0.298 e. The van der Waals surface area contributed by atoms with Gasteiger partial charge in [-0.1, -0.05) is 6.08 Å². The van der Waals surface area contributed by atoms with Crippen molar-refractivity contribution in [1.29, 1.82) is 0 Å². The Labute approximate surface area is 145 Å². The molecule has 25 heavy (non-hydrogen) atoms. The van der Waals surface area contributed by atoms with E-state index in [9.17, 15) is 13.2 Å². The Hall–Kier alpha value is -2.68. The number of halogens is 3. The first-order valence-corrected chi connectivity index (χ1v) is 7.96. The van der Waals surface area contributed by atoms with E-state index in [1.807, 2.05) is 4.57 Å². The van der Waals surface area contributed by atoms with Crippen LogP contribution in [0.4, 0.5) is 13.2 Å². The zero-order valence-electron chi connectivity index (χ0n) is 12.8. The number of hydrogen-bond donors (Lipinski definition) is 0. The highest BCUT2D eigenvalue weighted by Gasteiger charge is 2.30. The lowest BCUT2D eigenvalue weighted by Gasteiger charge is -2.08. The summed E-state index contributed by atoms with van der Waals surface area (Å²) in [7, 11) is 0. The van der Waals surface area contributed by atoms with Crippen LogP contribution in [0.3, 0.4) is 0 Å². The molecule has 0 saturated carbocycles. The van der Waals surface area contributed by atoms with Crippen molar-refractivity contribution in [3.8, 4) is 11.4 Å². The van der Waals surface area contributed by atoms with Gasteiger partial charge in [-0.3, -0.25) is 9.55 Å². The van der Waals surface area contributed by atoms with Crippen molar-refractivity contribution >= 4 is 11.8 Å². The number of aromatic nitrogens is 5. The van der Waals surface area contributed by atoms with Gasteiger partial charge in [0.2, 0.25) is 0 Å². The summed E-state index contributed by atoms with van der Waals surface area (Å²) in [6.45, 7) is 4.17. The van der Waals surface area contributed by atoms with Crippen molar-refractivity contribution in [3.05, 3.63) is 61.1 Å². The van der Waals surface area contributed by atoms with Crippen LogP contribution in [0.25, 0.3) is 11.4 Å². The van der Waals surface area contributed by atoms with Crippen LogP contribution in [0.5, 0.6) is 0 Å². The van der Waals surface area contributed by atoms with Crippen LogP contribution in [-0.2, 0) is 12.7 Å². The van der Waals surface area contributed by atoms with Crippen molar-refractivity contribution in [2.45, 2.75) is 22.9 Å². The van der Waals surface area contributed by atoms with Crippen molar-refractivity contribution < 1.29 is 13.2 Å². The third-order valence-electron chi connectivity index (χ3n) is 3.23. The minimum atomic E-state index is -4.41. The molecule has 0 aromatic carbocycles. The average molecular weight is 363 g/mol. The number of pyridine rings is 2. The summed E-state index contributed by atoms with van der Waals surface area (Å²) in [5.41, 5.74) is 0.0402. The largest absolute Gasteiger partial charge is 0.417 e. The molecule has 3 rings (SSSR count). The van der Waals surface area contributed by atoms with Crippen molar-refractivity contribution in [1.82, 2.24) is 24.7 Å². The number of alkyl halides is 3. The summed E-state index contributed by atoms with van der Waals surface area (Å²) >= 11 is 1.14. The van der Waals surface area contributed by atoms with Gasteiger partial charge >= 0.3 is 6.18 Å². The second kappa shape index (κ2) is 7.06. The second-order valence-corrected chi connectivity index (χ2v) is 5.91. The number of nitrogens with zero attached hydrogens (tertiary/aromatic N) is 5. The zero-order valence-corrected chi connectivity index (χ0v) is 13.6. The maximum Gasteiger partial charge on any atom is 0.417 e. The third kappa shape index (κ3) is 3.87. The Kier molecular flexibility index (Phi) is 4.84. The highest BCUT2D eigenvalue weighted by Crippen LogP contribution is 2.32. The molecule has 0 fully saturated rings. The van der Waals surface area contributed by atoms with Gasteiger partial charge in [-0.05, 0) is 36.0 Å². The van der Waals surface area contributed by atoms with Gasteiger partial charge in [0.05, 0.1) is 5.56 Å². The van der Waals surface area contributed by atoms with E-state index in [0.29, 0.717) is 22.6 Å². The highest BCUT2D eigenvalue weighted by molar-refractivity contribution is 7.99. The number of allylic oxidation sites excluding steroid dienone is 1. The standard InChI is InChI=1S/C16H12F3N5S/c1-2-9-24-14(11-5-7-20-8-6-11)22-23-15(24)25-13-4-3-12(10-21-13)16(17,18)19/h2-8,10H,1,9H2. The molecule has 0 aliphatic carbocycles. The lowest BCUT2D eigenvalue weighted by atomic mass is 10.2. The lowest BCUT2D eigenvalue weighted by Crippen LogP contribution is -2.05. The molecule has 9 heteroatoms. The highest BCUT2D eigenvalue weighted by atomic mass is 32.2. The summed E-state index contributed by atoms with van der Waals surface area (Å²) < 4.78 is 39.6. The maximum atomic E-state index is 12.6. The zero-order chi connectivity index (χ0) is 17.9. The van der Waals surface area contributed by atoms with E-state index < -0.39 is 11.7 Å². The van der Waals surface area contributed by atoms with Crippen LogP contribution < -0.4 is 0 Å². The Balaban J connectivity index is 1.90. The molecule has 3 heterocycles. The molecule has 0 aliphatic rings. The van der Waals surface area contributed by atoms with Crippen LogP contribution in [0.2, 0.25) is 0 Å². The smallest absolute Gasteiger partial charge is 0.298 e. The van der Waals surface area contributed by atoms with Gasteiger partial charge < -0.3 is 0 Å². The molecule has 0 saturated heterocycles. The summed E-state index contributed by atoms with van der Waals surface area (Å²) in [6.07, 6.45) is 1.38. The molecule has 0 amide bonds. The molecule has 5 nitrogen and oxygen atoms in total. The SMILES string of the molecule is C=CCn1c(Sc2ccc(C(F)(F)F)cn2)nnc1-c1ccncc1. The van der Waals surface area contributed by atoms with E-state index in [4.69, 9.17) is 0 Å². The topological polar surface area (TPSA) is 56.5 Å². The van der Waals surface area contributed by atoms with E-state index >= 15 is 0 Å². The predicted molar refractivity (Wildman–Crippen MR) is 86.8 cm³/mol. The Morgan fingerprint density at radius 3 is 2.48 bits per heavy atom. The summed E-state index contributed by atoms with van der Waals surface area (Å²) in [4.78, 5) is 7.81. The van der Waals surface area contributed by atoms with Gasteiger partial charge in [0.15, 0.2) is 11.0 Å². The average Bonchev–Trinajstić information content (AvgIpc) is 2.98. The molecule has 3 aromatic heterocycles. The van der Waals surface area contributed by atoms with Gasteiger partial charge in [-0.25, -0.2) is 4.98 Å². The van der Waals surface area contributed by atoms with Crippen molar-refractivity contribution in [2.75, 3.05) is 0 Å². The minimum absolute atomic E-state index is 0.395. The fourth-order valence-electron chi connectivity index (χ4n) is 2.07. The first-order chi connectivity index (χ1) is 12.0. The van der Waals surface area contributed by atoms with Crippen molar-refractivity contribution in [2.24, 2.45) is 0 Å². The van der Waals surface area contributed by atoms with E-state index in [2.05, 4.69) is 26.7 Å².